The van der Waals surface area contributed by atoms with E-state index in [2.05, 4.69) is 10.0 Å². The number of nitrogens with one attached hydrogen (secondary N) is 2. The molecule has 2 amide bonds. The number of benzene rings is 2. The molecule has 0 radical (unpaired) electrons. The number of carboxylic acid groups (broad SMARTS) is 1. The van der Waals surface area contributed by atoms with Crippen molar-refractivity contribution in [1.82, 2.24) is 14.9 Å². The van der Waals surface area contributed by atoms with Gasteiger partial charge >= 0.3 is 5.97 Å². The first kappa shape index (κ1) is 25.7. The Kier molecular flexibility index (Phi) is 8.06. The lowest BCUT2D eigenvalue weighted by molar-refractivity contribution is -0.139. The molecule has 2 aromatic rings. The molecule has 1 fully saturated rings. The van der Waals surface area contributed by atoms with Crippen LogP contribution in [0.1, 0.15) is 11.1 Å². The van der Waals surface area contributed by atoms with Crippen molar-refractivity contribution in [3.63, 3.8) is 0 Å². The number of carbonyl (C=O) groups is 3. The van der Waals surface area contributed by atoms with Crippen molar-refractivity contribution in [2.75, 3.05) is 37.6 Å². The van der Waals surface area contributed by atoms with Gasteiger partial charge in [-0.25, -0.2) is 8.42 Å². The summed E-state index contributed by atoms with van der Waals surface area (Å²) in [5.74, 6) is -2.34. The number of anilines is 1. The van der Waals surface area contributed by atoms with E-state index in [4.69, 9.17) is 5.26 Å². The molecule has 35 heavy (non-hydrogen) atoms. The number of carbonyl (C=O) groups excluding carboxylic acids is 2. The smallest absolute Gasteiger partial charge is 0.323 e. The van der Waals surface area contributed by atoms with Crippen molar-refractivity contribution in [3.05, 3.63) is 59.7 Å². The molecular weight excluding hydrogens is 474 g/mol. The van der Waals surface area contributed by atoms with Crippen LogP contribution < -0.4 is 14.9 Å². The summed E-state index contributed by atoms with van der Waals surface area (Å²) < 4.78 is 27.1. The fraction of sp³-hybridized carbons (Fsp3) is 0.304. The zero-order valence-corrected chi connectivity index (χ0v) is 19.8. The number of aryl methyl sites for hydroxylation is 1. The molecular formula is C23H25N5O6S. The second-order valence-electron chi connectivity index (χ2n) is 8.02. The van der Waals surface area contributed by atoms with E-state index < -0.39 is 34.5 Å². The molecule has 1 heterocycles. The van der Waals surface area contributed by atoms with E-state index in [0.717, 1.165) is 11.3 Å². The normalized spacial score (nSPS) is 14.8. The third-order valence-electron chi connectivity index (χ3n) is 5.44. The largest absolute Gasteiger partial charge is 0.480 e. The van der Waals surface area contributed by atoms with Gasteiger partial charge in [0.25, 0.3) is 0 Å². The summed E-state index contributed by atoms with van der Waals surface area (Å²) in [4.78, 5) is 39.5. The van der Waals surface area contributed by atoms with Gasteiger partial charge in [0.1, 0.15) is 6.04 Å². The fourth-order valence-electron chi connectivity index (χ4n) is 3.44. The second kappa shape index (κ2) is 11.0. The maximum absolute atomic E-state index is 12.5. The summed E-state index contributed by atoms with van der Waals surface area (Å²) in [6, 6.07) is 13.1. The third kappa shape index (κ3) is 6.78. The first-order chi connectivity index (χ1) is 16.6. The molecule has 2 aromatic carbocycles. The van der Waals surface area contributed by atoms with Gasteiger partial charge in [0.05, 0.1) is 29.6 Å². The topological polar surface area (TPSA) is 160 Å². The third-order valence-corrected chi connectivity index (χ3v) is 6.93. The average molecular weight is 500 g/mol. The molecule has 0 bridgehead atoms. The van der Waals surface area contributed by atoms with E-state index in [1.54, 1.807) is 43.3 Å². The number of piperazine rings is 1. The highest BCUT2D eigenvalue weighted by atomic mass is 32.2. The van der Waals surface area contributed by atoms with Gasteiger partial charge in [-0.05, 0) is 43.3 Å². The van der Waals surface area contributed by atoms with Gasteiger partial charge in [0, 0.05) is 25.3 Å². The lowest BCUT2D eigenvalue weighted by Crippen LogP contribution is -2.54. The van der Waals surface area contributed by atoms with E-state index in [9.17, 15) is 27.9 Å². The summed E-state index contributed by atoms with van der Waals surface area (Å²) in [6.45, 7) is 1.81. The molecule has 0 aliphatic carbocycles. The van der Waals surface area contributed by atoms with Gasteiger partial charge < -0.3 is 20.2 Å². The Bertz CT molecular complexity index is 1240. The highest BCUT2D eigenvalue weighted by Gasteiger charge is 2.28. The molecule has 1 saturated heterocycles. The SMILES string of the molecule is Cc1ccc(S(=O)(=O)N[C@@H](CNC(=O)CN2CCN(c3ccc(C#N)cc3)CC2=O)C(=O)O)cc1. The van der Waals surface area contributed by atoms with Crippen molar-refractivity contribution < 1.29 is 27.9 Å². The van der Waals surface area contributed by atoms with Gasteiger partial charge in [-0.1, -0.05) is 17.7 Å². The fourth-order valence-corrected chi connectivity index (χ4v) is 4.63. The lowest BCUT2D eigenvalue weighted by atomic mass is 10.2. The number of amides is 2. The van der Waals surface area contributed by atoms with E-state index in [0.29, 0.717) is 12.1 Å². The van der Waals surface area contributed by atoms with E-state index >= 15 is 0 Å². The number of sulfonamides is 1. The number of hydrogen-bond donors (Lipinski definition) is 3. The van der Waals surface area contributed by atoms with Crippen molar-refractivity contribution in [2.24, 2.45) is 0 Å². The molecule has 1 aliphatic heterocycles. The number of nitrogens with zero attached hydrogens (tertiary/aromatic N) is 3. The molecule has 184 valence electrons. The molecule has 11 nitrogen and oxygen atoms in total. The van der Waals surface area contributed by atoms with E-state index in [1.165, 1.54) is 17.0 Å². The molecule has 3 rings (SSSR count). The predicted octanol–water partition coefficient (Wildman–Crippen LogP) is 0.0632. The first-order valence-corrected chi connectivity index (χ1v) is 12.2. The maximum atomic E-state index is 12.5. The number of hydrogen-bond acceptors (Lipinski definition) is 7. The highest BCUT2D eigenvalue weighted by molar-refractivity contribution is 7.89. The predicted molar refractivity (Wildman–Crippen MR) is 126 cm³/mol. The monoisotopic (exact) mass is 499 g/mol. The Morgan fingerprint density at radius 1 is 1.11 bits per heavy atom. The quantitative estimate of drug-likeness (QED) is 0.437. The molecule has 0 aromatic heterocycles. The van der Waals surface area contributed by atoms with E-state index in [-0.39, 0.29) is 30.4 Å². The van der Waals surface area contributed by atoms with Crippen LogP contribution in [-0.2, 0) is 24.4 Å². The standard InChI is InChI=1S/C23H25N5O6S/c1-16-2-8-19(9-3-16)35(33,34)26-20(23(31)32)13-25-21(29)14-28-11-10-27(15-22(28)30)18-6-4-17(12-24)5-7-18/h2-9,20,26H,10-11,13-15H2,1H3,(H,25,29)(H,31,32)/t20-/m0/s1. The van der Waals surface area contributed by atoms with Crippen LogP contribution in [0.2, 0.25) is 0 Å². The second-order valence-corrected chi connectivity index (χ2v) is 9.74. The van der Waals surface area contributed by atoms with Crippen LogP contribution in [0.4, 0.5) is 5.69 Å². The molecule has 3 N–H and O–H groups in total. The maximum Gasteiger partial charge on any atom is 0.323 e. The lowest BCUT2D eigenvalue weighted by Gasteiger charge is -2.35. The van der Waals surface area contributed by atoms with Crippen LogP contribution >= 0.6 is 0 Å². The number of nitriles is 1. The minimum Gasteiger partial charge on any atom is -0.480 e. The Morgan fingerprint density at radius 3 is 2.34 bits per heavy atom. The molecule has 0 unspecified atom stereocenters. The van der Waals surface area contributed by atoms with Crippen molar-refractivity contribution >= 4 is 33.5 Å². The van der Waals surface area contributed by atoms with Crippen LogP contribution in [0.25, 0.3) is 0 Å². The first-order valence-electron chi connectivity index (χ1n) is 10.7. The Balaban J connectivity index is 1.52. The van der Waals surface area contributed by atoms with Crippen LogP contribution in [0.5, 0.6) is 0 Å². The van der Waals surface area contributed by atoms with Crippen molar-refractivity contribution in [1.29, 1.82) is 5.26 Å². The number of carboxylic acids is 1. The van der Waals surface area contributed by atoms with Gasteiger partial charge in [-0.15, -0.1) is 0 Å². The molecule has 0 spiro atoms. The minimum absolute atomic E-state index is 0.0489. The molecule has 1 atom stereocenters. The summed E-state index contributed by atoms with van der Waals surface area (Å²) >= 11 is 0. The van der Waals surface area contributed by atoms with Gasteiger partial charge in [0.2, 0.25) is 21.8 Å². The van der Waals surface area contributed by atoms with Crippen LogP contribution in [0.3, 0.4) is 0 Å². The van der Waals surface area contributed by atoms with Crippen molar-refractivity contribution in [3.8, 4) is 6.07 Å². The van der Waals surface area contributed by atoms with Crippen LogP contribution in [0.15, 0.2) is 53.4 Å². The molecule has 0 saturated carbocycles. The average Bonchev–Trinajstić information content (AvgIpc) is 2.83. The Morgan fingerprint density at radius 2 is 1.77 bits per heavy atom. The summed E-state index contributed by atoms with van der Waals surface area (Å²) in [6.07, 6.45) is 0. The molecule has 1 aliphatic rings. The summed E-state index contributed by atoms with van der Waals surface area (Å²) in [7, 11) is -4.11. The zero-order valence-electron chi connectivity index (χ0n) is 19.0. The van der Waals surface area contributed by atoms with Gasteiger partial charge in [-0.3, -0.25) is 14.4 Å². The van der Waals surface area contributed by atoms with Crippen molar-refractivity contribution in [2.45, 2.75) is 17.9 Å². The summed E-state index contributed by atoms with van der Waals surface area (Å²) in [5.41, 5.74) is 2.14. The summed E-state index contributed by atoms with van der Waals surface area (Å²) in [5, 5.41) is 20.7. The number of rotatable bonds is 9. The minimum atomic E-state index is -4.11. The number of aliphatic carboxylic acids is 1. The van der Waals surface area contributed by atoms with E-state index in [1.807, 2.05) is 11.0 Å². The Hall–Kier alpha value is -3.95. The Labute approximate surface area is 203 Å². The van der Waals surface area contributed by atoms with Gasteiger partial charge in [0.15, 0.2) is 0 Å². The van der Waals surface area contributed by atoms with Crippen LogP contribution in [0, 0.1) is 18.3 Å². The highest BCUT2D eigenvalue weighted by Crippen LogP contribution is 2.17. The molecule has 12 heteroatoms. The van der Waals surface area contributed by atoms with Gasteiger partial charge in [-0.2, -0.15) is 9.98 Å². The zero-order chi connectivity index (χ0) is 25.6. The van der Waals surface area contributed by atoms with Crippen LogP contribution in [-0.4, -0.2) is 75.0 Å².